The predicted molar refractivity (Wildman–Crippen MR) is 63.2 cm³/mol. The van der Waals surface area contributed by atoms with Gasteiger partial charge in [-0.25, -0.2) is 4.98 Å². The third-order valence-corrected chi connectivity index (χ3v) is 3.23. The number of hydrogen-bond acceptors (Lipinski definition) is 5. The lowest BCUT2D eigenvalue weighted by Crippen LogP contribution is -2.36. The third-order valence-electron chi connectivity index (χ3n) is 2.21. The van der Waals surface area contributed by atoms with E-state index in [9.17, 15) is 0 Å². The molecule has 82 valence electrons. The monoisotopic (exact) mass is 225 g/mol. The highest BCUT2D eigenvalue weighted by atomic mass is 32.1. The topological polar surface area (TPSA) is 51.4 Å². The Balaban J connectivity index is 2.02. The van der Waals surface area contributed by atoms with Crippen molar-refractivity contribution in [3.63, 3.8) is 0 Å². The zero-order valence-corrected chi connectivity index (χ0v) is 9.37. The maximum atomic E-state index is 5.40. The fraction of sp³-hybridized carbons (Fsp3) is 0.500. The van der Waals surface area contributed by atoms with Gasteiger partial charge in [-0.15, -0.1) is 0 Å². The van der Waals surface area contributed by atoms with Crippen LogP contribution in [0.3, 0.4) is 0 Å². The number of nitrogens with zero attached hydrogens (tertiary/aromatic N) is 2. The molecule has 0 aliphatic carbocycles. The van der Waals surface area contributed by atoms with Crippen LogP contribution in [0, 0.1) is 0 Å². The molecule has 1 aliphatic heterocycles. The quantitative estimate of drug-likeness (QED) is 0.832. The average molecular weight is 225 g/mol. The van der Waals surface area contributed by atoms with E-state index < -0.39 is 0 Å². The molecule has 2 heterocycles. The highest BCUT2D eigenvalue weighted by Gasteiger charge is 2.13. The Hall–Kier alpha value is -0.910. The Labute approximate surface area is 93.4 Å². The third kappa shape index (κ3) is 2.77. The summed E-state index contributed by atoms with van der Waals surface area (Å²) in [5.74, 6) is 0. The molecule has 5 heteroatoms. The smallest absolute Gasteiger partial charge is 0.185 e. The minimum absolute atomic E-state index is 0.574. The second-order valence-electron chi connectivity index (χ2n) is 3.28. The fourth-order valence-electron chi connectivity index (χ4n) is 1.44. The van der Waals surface area contributed by atoms with Gasteiger partial charge in [0.15, 0.2) is 5.13 Å². The van der Waals surface area contributed by atoms with Crippen LogP contribution in [0.4, 0.5) is 5.13 Å². The summed E-state index contributed by atoms with van der Waals surface area (Å²) in [6.07, 6.45) is 5.85. The van der Waals surface area contributed by atoms with Crippen molar-refractivity contribution in [3.05, 3.63) is 17.2 Å². The first-order chi connectivity index (χ1) is 7.40. The summed E-state index contributed by atoms with van der Waals surface area (Å²) in [4.78, 5) is 7.80. The molecule has 0 bridgehead atoms. The standard InChI is InChI=1S/C10H15N3OS/c11-3-1-2-9-8-12-10(15-9)13-4-6-14-7-5-13/h1-2,8H,3-7,11H2/b2-1+. The summed E-state index contributed by atoms with van der Waals surface area (Å²) in [5, 5.41) is 1.08. The van der Waals surface area contributed by atoms with Gasteiger partial charge in [-0.3, -0.25) is 0 Å². The lowest BCUT2D eigenvalue weighted by Gasteiger charge is -2.25. The maximum absolute atomic E-state index is 5.40. The lowest BCUT2D eigenvalue weighted by molar-refractivity contribution is 0.122. The van der Waals surface area contributed by atoms with E-state index in [-0.39, 0.29) is 0 Å². The van der Waals surface area contributed by atoms with Gasteiger partial charge in [0, 0.05) is 30.7 Å². The van der Waals surface area contributed by atoms with Crippen molar-refractivity contribution in [2.75, 3.05) is 37.7 Å². The summed E-state index contributed by atoms with van der Waals surface area (Å²) in [6.45, 7) is 4.05. The number of thiazole rings is 1. The van der Waals surface area contributed by atoms with Crippen molar-refractivity contribution in [2.45, 2.75) is 0 Å². The zero-order valence-electron chi connectivity index (χ0n) is 8.56. The van der Waals surface area contributed by atoms with Crippen LogP contribution in [0.2, 0.25) is 0 Å². The molecule has 4 nitrogen and oxygen atoms in total. The highest BCUT2D eigenvalue weighted by Crippen LogP contribution is 2.23. The zero-order chi connectivity index (χ0) is 10.5. The first-order valence-corrected chi connectivity index (χ1v) is 5.87. The summed E-state index contributed by atoms with van der Waals surface area (Å²) < 4.78 is 5.30. The van der Waals surface area contributed by atoms with E-state index in [4.69, 9.17) is 10.5 Å². The molecule has 0 spiro atoms. The van der Waals surface area contributed by atoms with E-state index >= 15 is 0 Å². The van der Waals surface area contributed by atoms with E-state index in [0.29, 0.717) is 6.54 Å². The van der Waals surface area contributed by atoms with Crippen LogP contribution in [0.1, 0.15) is 4.88 Å². The second kappa shape index (κ2) is 5.25. The van der Waals surface area contributed by atoms with Crippen LogP contribution in [0.5, 0.6) is 0 Å². The van der Waals surface area contributed by atoms with Gasteiger partial charge in [0.1, 0.15) is 0 Å². The van der Waals surface area contributed by atoms with E-state index in [1.807, 2.05) is 18.3 Å². The average Bonchev–Trinajstić information content (AvgIpc) is 2.76. The Morgan fingerprint density at radius 3 is 3.07 bits per heavy atom. The van der Waals surface area contributed by atoms with Gasteiger partial charge in [-0.2, -0.15) is 0 Å². The Kier molecular flexibility index (Phi) is 3.71. The van der Waals surface area contributed by atoms with Crippen molar-refractivity contribution in [1.29, 1.82) is 0 Å². The van der Waals surface area contributed by atoms with Crippen LogP contribution in [0.15, 0.2) is 12.3 Å². The molecule has 0 amide bonds. The summed E-state index contributed by atoms with van der Waals surface area (Å²) >= 11 is 1.70. The van der Waals surface area contributed by atoms with Crippen molar-refractivity contribution in [2.24, 2.45) is 5.73 Å². The van der Waals surface area contributed by atoms with Crippen molar-refractivity contribution in [3.8, 4) is 0 Å². The molecule has 0 saturated carbocycles. The van der Waals surface area contributed by atoms with Crippen molar-refractivity contribution >= 4 is 22.5 Å². The molecule has 15 heavy (non-hydrogen) atoms. The summed E-state index contributed by atoms with van der Waals surface area (Å²) in [6, 6.07) is 0. The predicted octanol–water partition coefficient (Wildman–Crippen LogP) is 0.952. The van der Waals surface area contributed by atoms with E-state index in [1.165, 1.54) is 0 Å². The Morgan fingerprint density at radius 2 is 2.33 bits per heavy atom. The van der Waals surface area contributed by atoms with Crippen LogP contribution >= 0.6 is 11.3 Å². The number of hydrogen-bond donors (Lipinski definition) is 1. The summed E-state index contributed by atoms with van der Waals surface area (Å²) in [5.41, 5.74) is 5.40. The molecule has 0 unspecified atom stereocenters. The molecule has 1 aromatic heterocycles. The maximum Gasteiger partial charge on any atom is 0.185 e. The number of nitrogens with two attached hydrogens (primary N) is 1. The largest absolute Gasteiger partial charge is 0.378 e. The van der Waals surface area contributed by atoms with Crippen molar-refractivity contribution in [1.82, 2.24) is 4.98 Å². The van der Waals surface area contributed by atoms with Gasteiger partial charge < -0.3 is 15.4 Å². The fourth-order valence-corrected chi connectivity index (χ4v) is 2.34. The highest BCUT2D eigenvalue weighted by molar-refractivity contribution is 7.16. The van der Waals surface area contributed by atoms with Gasteiger partial charge >= 0.3 is 0 Å². The molecule has 2 rings (SSSR count). The molecule has 0 aromatic carbocycles. The van der Waals surface area contributed by atoms with Crippen LogP contribution in [-0.4, -0.2) is 37.8 Å². The SMILES string of the molecule is NC/C=C/c1cnc(N2CCOCC2)s1. The minimum atomic E-state index is 0.574. The number of morpholine rings is 1. The molecule has 0 atom stereocenters. The molecule has 2 N–H and O–H groups in total. The molecular formula is C10H15N3OS. The van der Waals surface area contributed by atoms with E-state index in [2.05, 4.69) is 9.88 Å². The number of anilines is 1. The van der Waals surface area contributed by atoms with Gasteiger partial charge in [0.25, 0.3) is 0 Å². The van der Waals surface area contributed by atoms with Crippen LogP contribution in [-0.2, 0) is 4.74 Å². The van der Waals surface area contributed by atoms with E-state index in [0.717, 1.165) is 36.3 Å². The minimum Gasteiger partial charge on any atom is -0.378 e. The number of ether oxygens (including phenoxy) is 1. The molecular weight excluding hydrogens is 210 g/mol. The molecule has 1 fully saturated rings. The lowest BCUT2D eigenvalue weighted by atomic mass is 10.4. The van der Waals surface area contributed by atoms with Gasteiger partial charge in [-0.1, -0.05) is 17.4 Å². The van der Waals surface area contributed by atoms with E-state index in [1.54, 1.807) is 11.3 Å². The van der Waals surface area contributed by atoms with Crippen LogP contribution in [0.25, 0.3) is 6.08 Å². The first-order valence-electron chi connectivity index (χ1n) is 5.05. The van der Waals surface area contributed by atoms with Gasteiger partial charge in [-0.05, 0) is 6.08 Å². The first kappa shape index (κ1) is 10.6. The van der Waals surface area contributed by atoms with Crippen molar-refractivity contribution < 1.29 is 4.74 Å². The van der Waals surface area contributed by atoms with Gasteiger partial charge in [0.05, 0.1) is 13.2 Å². The normalized spacial score (nSPS) is 17.5. The Morgan fingerprint density at radius 1 is 1.53 bits per heavy atom. The van der Waals surface area contributed by atoms with Gasteiger partial charge in [0.2, 0.25) is 0 Å². The molecule has 1 saturated heterocycles. The number of aromatic nitrogens is 1. The summed E-state index contributed by atoms with van der Waals surface area (Å²) in [7, 11) is 0. The Bertz CT molecular complexity index is 331. The van der Waals surface area contributed by atoms with Crippen LogP contribution < -0.4 is 10.6 Å². The molecule has 1 aliphatic rings. The second-order valence-corrected chi connectivity index (χ2v) is 4.32. The molecule has 0 radical (unpaired) electrons. The molecule has 1 aromatic rings. The number of rotatable bonds is 3.